The highest BCUT2D eigenvalue weighted by molar-refractivity contribution is 7.91. The van der Waals surface area contributed by atoms with E-state index >= 15 is 0 Å². The van der Waals surface area contributed by atoms with Crippen molar-refractivity contribution in [2.24, 2.45) is 0 Å². The van der Waals surface area contributed by atoms with Crippen LogP contribution >= 0.6 is 22.9 Å². The zero-order valence-electron chi connectivity index (χ0n) is 13.3. The second kappa shape index (κ2) is 7.67. The van der Waals surface area contributed by atoms with Crippen LogP contribution in [0.25, 0.3) is 0 Å². The van der Waals surface area contributed by atoms with Crippen LogP contribution in [-0.4, -0.2) is 87.3 Å². The van der Waals surface area contributed by atoms with Gasteiger partial charge < -0.3 is 10.2 Å². The number of thiophene rings is 1. The Bertz CT molecular complexity index is 680. The number of piperazine rings is 2. The minimum atomic E-state index is -3.51. The largest absolute Gasteiger partial charge is 0.339 e. The molecule has 24 heavy (non-hydrogen) atoms. The van der Waals surface area contributed by atoms with E-state index in [9.17, 15) is 13.2 Å². The Morgan fingerprint density at radius 1 is 1.12 bits per heavy atom. The van der Waals surface area contributed by atoms with E-state index in [1.165, 1.54) is 10.4 Å². The Morgan fingerprint density at radius 2 is 1.79 bits per heavy atom. The zero-order valence-corrected chi connectivity index (χ0v) is 15.7. The van der Waals surface area contributed by atoms with Gasteiger partial charge in [-0.1, -0.05) is 11.6 Å². The molecule has 1 N–H and O–H groups in total. The molecule has 0 atom stereocenters. The van der Waals surface area contributed by atoms with Gasteiger partial charge >= 0.3 is 0 Å². The summed E-state index contributed by atoms with van der Waals surface area (Å²) >= 11 is 6.90. The number of sulfonamides is 1. The summed E-state index contributed by atoms with van der Waals surface area (Å²) in [6.07, 6.45) is 0. The van der Waals surface area contributed by atoms with Crippen molar-refractivity contribution in [2.75, 3.05) is 58.9 Å². The van der Waals surface area contributed by atoms with Gasteiger partial charge in [-0.2, -0.15) is 4.31 Å². The number of nitrogens with one attached hydrogen (secondary N) is 1. The molecule has 7 nitrogen and oxygen atoms in total. The van der Waals surface area contributed by atoms with Gasteiger partial charge in [0, 0.05) is 52.4 Å². The van der Waals surface area contributed by atoms with Crippen LogP contribution in [0.15, 0.2) is 16.3 Å². The first-order valence-corrected chi connectivity index (χ1v) is 10.6. The third-order valence-corrected chi connectivity index (χ3v) is 7.90. The van der Waals surface area contributed by atoms with E-state index in [0.717, 1.165) is 37.5 Å². The summed E-state index contributed by atoms with van der Waals surface area (Å²) in [6.45, 7) is 5.49. The van der Waals surface area contributed by atoms with Crippen LogP contribution in [0.2, 0.25) is 4.34 Å². The summed E-state index contributed by atoms with van der Waals surface area (Å²) in [4.78, 5) is 16.3. The molecule has 1 aromatic heterocycles. The number of carbonyl (C=O) groups is 1. The Labute approximate surface area is 151 Å². The summed E-state index contributed by atoms with van der Waals surface area (Å²) < 4.78 is 27.3. The molecule has 0 spiro atoms. The minimum absolute atomic E-state index is 0.0770. The Kier molecular flexibility index (Phi) is 5.78. The lowest BCUT2D eigenvalue weighted by Gasteiger charge is -2.35. The monoisotopic (exact) mass is 392 g/mol. The van der Waals surface area contributed by atoms with E-state index in [1.807, 2.05) is 0 Å². The predicted octanol–water partition coefficient (Wildman–Crippen LogP) is 0.140. The summed E-state index contributed by atoms with van der Waals surface area (Å²) in [7, 11) is -3.51. The summed E-state index contributed by atoms with van der Waals surface area (Å²) in [5, 5.41) is 3.26. The molecular weight excluding hydrogens is 372 g/mol. The Morgan fingerprint density at radius 3 is 2.38 bits per heavy atom. The van der Waals surface area contributed by atoms with Crippen LogP contribution in [0.1, 0.15) is 0 Å². The standard InChI is InChI=1S/C14H21ClN4O3S2/c15-12-1-2-14(23-12)24(21,22)19-9-7-18(8-10-19)13(20)11-17-5-3-16-4-6-17/h1-2,16H,3-11H2. The molecule has 2 saturated heterocycles. The second-order valence-electron chi connectivity index (χ2n) is 5.87. The molecule has 10 heteroatoms. The van der Waals surface area contributed by atoms with Gasteiger partial charge in [-0.3, -0.25) is 9.69 Å². The molecule has 0 radical (unpaired) electrons. The molecule has 2 fully saturated rings. The maximum Gasteiger partial charge on any atom is 0.252 e. The van der Waals surface area contributed by atoms with E-state index in [2.05, 4.69) is 10.2 Å². The molecular formula is C14H21ClN4O3S2. The lowest BCUT2D eigenvalue weighted by Crippen LogP contribution is -2.54. The normalized spacial score (nSPS) is 21.1. The van der Waals surface area contributed by atoms with Crippen LogP contribution in [0.3, 0.4) is 0 Å². The van der Waals surface area contributed by atoms with Crippen molar-refractivity contribution in [1.29, 1.82) is 0 Å². The molecule has 3 heterocycles. The van der Waals surface area contributed by atoms with Crippen LogP contribution in [0, 0.1) is 0 Å². The molecule has 0 bridgehead atoms. The fraction of sp³-hybridized carbons (Fsp3) is 0.643. The molecule has 0 unspecified atom stereocenters. The number of hydrogen-bond donors (Lipinski definition) is 1. The van der Waals surface area contributed by atoms with Crippen molar-refractivity contribution in [1.82, 2.24) is 19.4 Å². The van der Waals surface area contributed by atoms with Gasteiger partial charge in [0.25, 0.3) is 10.0 Å². The summed E-state index contributed by atoms with van der Waals surface area (Å²) in [6, 6.07) is 3.12. The Hall–Kier alpha value is -0.710. The van der Waals surface area contributed by atoms with Gasteiger partial charge in [0.1, 0.15) is 4.21 Å². The van der Waals surface area contributed by atoms with Crippen molar-refractivity contribution in [3.63, 3.8) is 0 Å². The zero-order chi connectivity index (χ0) is 17.2. The van der Waals surface area contributed by atoms with Gasteiger partial charge in [-0.25, -0.2) is 8.42 Å². The third kappa shape index (κ3) is 4.09. The SMILES string of the molecule is O=C(CN1CCNCC1)N1CCN(S(=O)(=O)c2ccc(Cl)s2)CC1. The van der Waals surface area contributed by atoms with E-state index in [0.29, 0.717) is 37.1 Å². The van der Waals surface area contributed by atoms with Gasteiger partial charge in [-0.05, 0) is 12.1 Å². The van der Waals surface area contributed by atoms with Crippen molar-refractivity contribution in [3.05, 3.63) is 16.5 Å². The molecule has 3 rings (SSSR count). The smallest absolute Gasteiger partial charge is 0.252 e. The number of carbonyl (C=O) groups excluding carboxylic acids is 1. The second-order valence-corrected chi connectivity index (χ2v) is 9.75. The number of nitrogens with zero attached hydrogens (tertiary/aromatic N) is 3. The van der Waals surface area contributed by atoms with Crippen LogP contribution in [-0.2, 0) is 14.8 Å². The van der Waals surface area contributed by atoms with Crippen LogP contribution in [0.4, 0.5) is 0 Å². The predicted molar refractivity (Wildman–Crippen MR) is 94.0 cm³/mol. The number of rotatable bonds is 4. The lowest BCUT2D eigenvalue weighted by atomic mass is 10.3. The van der Waals surface area contributed by atoms with E-state index in [4.69, 9.17) is 11.6 Å². The van der Waals surface area contributed by atoms with Crippen molar-refractivity contribution >= 4 is 38.9 Å². The molecule has 1 amide bonds. The van der Waals surface area contributed by atoms with Gasteiger partial charge in [-0.15, -0.1) is 11.3 Å². The Balaban J connectivity index is 1.54. The fourth-order valence-electron chi connectivity index (χ4n) is 2.90. The number of halogens is 1. The maximum atomic E-state index is 12.6. The minimum Gasteiger partial charge on any atom is -0.339 e. The molecule has 1 aromatic rings. The first-order chi connectivity index (χ1) is 11.5. The highest BCUT2D eigenvalue weighted by Gasteiger charge is 2.31. The first-order valence-electron chi connectivity index (χ1n) is 7.93. The van der Waals surface area contributed by atoms with Gasteiger partial charge in [0.2, 0.25) is 5.91 Å². The van der Waals surface area contributed by atoms with Crippen LogP contribution < -0.4 is 5.32 Å². The highest BCUT2D eigenvalue weighted by Crippen LogP contribution is 2.28. The fourth-order valence-corrected chi connectivity index (χ4v) is 5.96. The quantitative estimate of drug-likeness (QED) is 0.789. The molecule has 2 aliphatic rings. The topological polar surface area (TPSA) is 73.0 Å². The third-order valence-electron chi connectivity index (χ3n) is 4.30. The lowest BCUT2D eigenvalue weighted by molar-refractivity contribution is -0.133. The molecule has 0 saturated carbocycles. The van der Waals surface area contributed by atoms with Crippen molar-refractivity contribution < 1.29 is 13.2 Å². The van der Waals surface area contributed by atoms with Crippen molar-refractivity contribution in [3.8, 4) is 0 Å². The maximum absolute atomic E-state index is 12.6. The average Bonchev–Trinajstić information content (AvgIpc) is 3.03. The van der Waals surface area contributed by atoms with E-state index in [-0.39, 0.29) is 10.1 Å². The average molecular weight is 393 g/mol. The first kappa shape index (κ1) is 18.1. The summed E-state index contributed by atoms with van der Waals surface area (Å²) in [5.41, 5.74) is 0. The van der Waals surface area contributed by atoms with Crippen LogP contribution in [0.5, 0.6) is 0 Å². The molecule has 134 valence electrons. The van der Waals surface area contributed by atoms with E-state index in [1.54, 1.807) is 11.0 Å². The number of amides is 1. The van der Waals surface area contributed by atoms with E-state index < -0.39 is 10.0 Å². The molecule has 0 aromatic carbocycles. The summed E-state index contributed by atoms with van der Waals surface area (Å²) in [5.74, 6) is 0.0770. The van der Waals surface area contributed by atoms with Gasteiger partial charge in [0.05, 0.1) is 10.9 Å². The number of hydrogen-bond acceptors (Lipinski definition) is 6. The molecule has 0 aliphatic carbocycles. The van der Waals surface area contributed by atoms with Crippen molar-refractivity contribution in [2.45, 2.75) is 4.21 Å². The molecule has 2 aliphatic heterocycles. The highest BCUT2D eigenvalue weighted by atomic mass is 35.5. The van der Waals surface area contributed by atoms with Gasteiger partial charge in [0.15, 0.2) is 0 Å².